The molecule has 0 spiro atoms. The van der Waals surface area contributed by atoms with Gasteiger partial charge in [0.05, 0.1) is 17.2 Å². The molecule has 6 heteroatoms. The molecule has 1 aromatic carbocycles. The molecule has 2 N–H and O–H groups in total. The molecule has 128 valence electrons. The highest BCUT2D eigenvalue weighted by Gasteiger charge is 2.23. The fraction of sp³-hybridized carbons (Fsp3) is 0.211. The summed E-state index contributed by atoms with van der Waals surface area (Å²) in [7, 11) is 0. The van der Waals surface area contributed by atoms with Crippen LogP contribution in [0.4, 0.5) is 5.69 Å². The Kier molecular flexibility index (Phi) is 5.09. The lowest BCUT2D eigenvalue weighted by atomic mass is 10.0. The van der Waals surface area contributed by atoms with Crippen molar-refractivity contribution in [1.29, 1.82) is 0 Å². The maximum absolute atomic E-state index is 12.4. The Morgan fingerprint density at radius 3 is 2.60 bits per heavy atom. The number of anilines is 1. The third kappa shape index (κ3) is 3.85. The van der Waals surface area contributed by atoms with Crippen molar-refractivity contribution < 1.29 is 9.59 Å². The number of thiophene rings is 1. The molecule has 0 aliphatic heterocycles. The largest absolute Gasteiger partial charge is 0.340 e. The third-order valence-corrected chi connectivity index (χ3v) is 4.86. The summed E-state index contributed by atoms with van der Waals surface area (Å²) in [4.78, 5) is 30.0. The van der Waals surface area contributed by atoms with Gasteiger partial charge < -0.3 is 10.6 Å². The lowest BCUT2D eigenvalue weighted by Gasteiger charge is -2.21. The molecule has 0 aliphatic rings. The highest BCUT2D eigenvalue weighted by molar-refractivity contribution is 7.10. The first-order valence-electron chi connectivity index (χ1n) is 8.05. The Hall–Kier alpha value is -2.73. The van der Waals surface area contributed by atoms with Gasteiger partial charge in [-0.05, 0) is 41.6 Å². The van der Waals surface area contributed by atoms with Crippen LogP contribution >= 0.6 is 11.3 Å². The number of benzene rings is 1. The van der Waals surface area contributed by atoms with E-state index in [0.717, 1.165) is 15.8 Å². The zero-order valence-electron chi connectivity index (χ0n) is 14.0. The summed E-state index contributed by atoms with van der Waals surface area (Å²) in [5, 5.41) is 8.27. The van der Waals surface area contributed by atoms with E-state index in [2.05, 4.69) is 15.6 Å². The Morgan fingerprint density at radius 2 is 1.88 bits per heavy atom. The van der Waals surface area contributed by atoms with Gasteiger partial charge in [0.2, 0.25) is 0 Å². The van der Waals surface area contributed by atoms with Crippen molar-refractivity contribution in [1.82, 2.24) is 10.3 Å². The number of carbonyl (C=O) groups excluding carboxylic acids is 2. The molecule has 0 unspecified atom stereocenters. The van der Waals surface area contributed by atoms with Crippen molar-refractivity contribution >= 4 is 39.7 Å². The van der Waals surface area contributed by atoms with Gasteiger partial charge in [-0.3, -0.25) is 14.6 Å². The van der Waals surface area contributed by atoms with E-state index in [1.54, 1.807) is 35.7 Å². The number of nitrogens with one attached hydrogen (secondary N) is 2. The summed E-state index contributed by atoms with van der Waals surface area (Å²) in [6.45, 7) is 4.03. The van der Waals surface area contributed by atoms with E-state index in [0.29, 0.717) is 5.69 Å². The van der Waals surface area contributed by atoms with Gasteiger partial charge in [-0.1, -0.05) is 26.0 Å². The van der Waals surface area contributed by atoms with Crippen LogP contribution in [0.3, 0.4) is 0 Å². The normalized spacial score (nSPS) is 12.1. The SMILES string of the molecule is CC(C)[C@@H](NC(=O)C(=O)Nc1cccc2ncccc12)c1cccs1. The molecule has 3 aromatic rings. The van der Waals surface area contributed by atoms with Crippen molar-refractivity contribution in [2.24, 2.45) is 5.92 Å². The highest BCUT2D eigenvalue weighted by Crippen LogP contribution is 2.26. The van der Waals surface area contributed by atoms with Crippen molar-refractivity contribution in [2.75, 3.05) is 5.32 Å². The second-order valence-electron chi connectivity index (χ2n) is 6.04. The predicted molar refractivity (Wildman–Crippen MR) is 100 cm³/mol. The van der Waals surface area contributed by atoms with Crippen LogP contribution in [0, 0.1) is 5.92 Å². The molecule has 0 aliphatic carbocycles. The van der Waals surface area contributed by atoms with Crippen LogP contribution in [-0.4, -0.2) is 16.8 Å². The Bertz CT molecular complexity index is 885. The van der Waals surface area contributed by atoms with Gasteiger partial charge in [0.15, 0.2) is 0 Å². The quantitative estimate of drug-likeness (QED) is 0.702. The van der Waals surface area contributed by atoms with Gasteiger partial charge in [-0.25, -0.2) is 0 Å². The molecule has 5 nitrogen and oxygen atoms in total. The Balaban J connectivity index is 1.75. The molecule has 2 heterocycles. The van der Waals surface area contributed by atoms with E-state index < -0.39 is 11.8 Å². The minimum absolute atomic E-state index is 0.178. The minimum atomic E-state index is -0.682. The highest BCUT2D eigenvalue weighted by atomic mass is 32.1. The van der Waals surface area contributed by atoms with Crippen LogP contribution < -0.4 is 10.6 Å². The number of hydrogen-bond acceptors (Lipinski definition) is 4. The molecular formula is C19H19N3O2S. The van der Waals surface area contributed by atoms with Crippen LogP contribution in [0.1, 0.15) is 24.8 Å². The van der Waals surface area contributed by atoms with Gasteiger partial charge in [0.25, 0.3) is 0 Å². The monoisotopic (exact) mass is 353 g/mol. The fourth-order valence-corrected chi connectivity index (χ4v) is 3.58. The van der Waals surface area contributed by atoms with E-state index in [4.69, 9.17) is 0 Å². The van der Waals surface area contributed by atoms with Crippen molar-refractivity contribution in [3.63, 3.8) is 0 Å². The Labute approximate surface area is 150 Å². The molecule has 0 radical (unpaired) electrons. The number of pyridine rings is 1. The smallest absolute Gasteiger partial charge is 0.313 e. The van der Waals surface area contributed by atoms with Gasteiger partial charge in [0.1, 0.15) is 0 Å². The summed E-state index contributed by atoms with van der Waals surface area (Å²) in [5.74, 6) is -1.15. The second-order valence-corrected chi connectivity index (χ2v) is 7.02. The zero-order valence-corrected chi connectivity index (χ0v) is 14.8. The van der Waals surface area contributed by atoms with Gasteiger partial charge in [0, 0.05) is 16.5 Å². The van der Waals surface area contributed by atoms with E-state index in [9.17, 15) is 9.59 Å². The first-order chi connectivity index (χ1) is 12.1. The summed E-state index contributed by atoms with van der Waals surface area (Å²) in [6, 6.07) is 12.8. The van der Waals surface area contributed by atoms with Crippen molar-refractivity contribution in [2.45, 2.75) is 19.9 Å². The fourth-order valence-electron chi connectivity index (χ4n) is 2.63. The second kappa shape index (κ2) is 7.44. The summed E-state index contributed by atoms with van der Waals surface area (Å²) >= 11 is 1.56. The molecular weight excluding hydrogens is 334 g/mol. The third-order valence-electron chi connectivity index (χ3n) is 3.90. The van der Waals surface area contributed by atoms with Crippen LogP contribution in [0.2, 0.25) is 0 Å². The number of aromatic nitrogens is 1. The van der Waals surface area contributed by atoms with E-state index in [1.165, 1.54) is 0 Å². The maximum atomic E-state index is 12.4. The van der Waals surface area contributed by atoms with E-state index in [1.807, 2.05) is 43.5 Å². The first kappa shape index (κ1) is 17.1. The van der Waals surface area contributed by atoms with Crippen LogP contribution in [0.5, 0.6) is 0 Å². The lowest BCUT2D eigenvalue weighted by molar-refractivity contribution is -0.136. The number of carbonyl (C=O) groups is 2. The van der Waals surface area contributed by atoms with E-state index >= 15 is 0 Å². The zero-order chi connectivity index (χ0) is 17.8. The average molecular weight is 353 g/mol. The van der Waals surface area contributed by atoms with Crippen LogP contribution in [-0.2, 0) is 9.59 Å². The summed E-state index contributed by atoms with van der Waals surface area (Å²) in [6.07, 6.45) is 1.69. The van der Waals surface area contributed by atoms with E-state index in [-0.39, 0.29) is 12.0 Å². The average Bonchev–Trinajstić information content (AvgIpc) is 3.13. The summed E-state index contributed by atoms with van der Waals surface area (Å²) < 4.78 is 0. The van der Waals surface area contributed by atoms with Crippen LogP contribution in [0.15, 0.2) is 54.0 Å². The molecule has 0 fully saturated rings. The van der Waals surface area contributed by atoms with Gasteiger partial charge >= 0.3 is 11.8 Å². The number of rotatable bonds is 4. The molecule has 1 atom stereocenters. The van der Waals surface area contributed by atoms with Crippen molar-refractivity contribution in [3.8, 4) is 0 Å². The molecule has 25 heavy (non-hydrogen) atoms. The van der Waals surface area contributed by atoms with Crippen molar-refractivity contribution in [3.05, 3.63) is 58.9 Å². The molecule has 0 saturated heterocycles. The molecule has 0 bridgehead atoms. The Morgan fingerprint density at radius 1 is 1.04 bits per heavy atom. The number of hydrogen-bond donors (Lipinski definition) is 2. The maximum Gasteiger partial charge on any atom is 0.313 e. The molecule has 2 aromatic heterocycles. The standard InChI is InChI=1S/C19H19N3O2S/c1-12(2)17(16-9-5-11-25-16)22-19(24)18(23)21-15-8-3-7-14-13(15)6-4-10-20-14/h3-12,17H,1-2H3,(H,21,23)(H,22,24)/t17-/m1/s1. The first-order valence-corrected chi connectivity index (χ1v) is 8.93. The lowest BCUT2D eigenvalue weighted by Crippen LogP contribution is -2.39. The summed E-state index contributed by atoms with van der Waals surface area (Å²) in [5.41, 5.74) is 1.34. The molecule has 2 amide bonds. The van der Waals surface area contributed by atoms with Gasteiger partial charge in [-0.2, -0.15) is 0 Å². The number of amides is 2. The predicted octanol–water partition coefficient (Wildman–Crippen LogP) is 3.75. The minimum Gasteiger partial charge on any atom is -0.340 e. The van der Waals surface area contributed by atoms with Crippen LogP contribution in [0.25, 0.3) is 10.9 Å². The number of fused-ring (bicyclic) bond motifs is 1. The topological polar surface area (TPSA) is 71.1 Å². The number of nitrogens with zero attached hydrogens (tertiary/aromatic N) is 1. The van der Waals surface area contributed by atoms with Gasteiger partial charge in [-0.15, -0.1) is 11.3 Å². The molecule has 3 rings (SSSR count). The molecule has 0 saturated carbocycles.